The molecule has 3 rings (SSSR count). The van der Waals surface area contributed by atoms with E-state index in [1.165, 1.54) is 17.2 Å². The third-order valence-corrected chi connectivity index (χ3v) is 4.93. The van der Waals surface area contributed by atoms with Crippen LogP contribution in [-0.2, 0) is 6.54 Å². The summed E-state index contributed by atoms with van der Waals surface area (Å²) in [6, 6.07) is 11.4. The van der Waals surface area contributed by atoms with E-state index in [-0.39, 0.29) is 16.4 Å². The molecule has 0 aliphatic carbocycles. The number of hydrazone groups is 1. The molecule has 0 amide bonds. The topological polar surface area (TPSA) is 56.9 Å². The van der Waals surface area contributed by atoms with E-state index >= 15 is 0 Å². The van der Waals surface area contributed by atoms with Gasteiger partial charge in [-0.05, 0) is 42.4 Å². The van der Waals surface area contributed by atoms with Gasteiger partial charge in [-0.1, -0.05) is 24.3 Å². The second-order valence-electron chi connectivity index (χ2n) is 6.73. The number of halogens is 2. The maximum Gasteiger partial charge on any atom is 0.184 e. The van der Waals surface area contributed by atoms with Crippen LogP contribution in [0, 0.1) is 18.6 Å². The molecule has 28 heavy (non-hydrogen) atoms. The van der Waals surface area contributed by atoms with Crippen LogP contribution in [-0.4, -0.2) is 42.4 Å². The predicted molar refractivity (Wildman–Crippen MR) is 113 cm³/mol. The number of piperazine rings is 1. The molecule has 5 nitrogen and oxygen atoms in total. The zero-order valence-corrected chi connectivity index (χ0v) is 16.5. The van der Waals surface area contributed by atoms with Crippen molar-refractivity contribution >= 4 is 29.2 Å². The largest absolute Gasteiger partial charge is 0.375 e. The van der Waals surface area contributed by atoms with Gasteiger partial charge in [-0.15, -0.1) is 0 Å². The number of hydrogen-bond acceptors (Lipinski definition) is 4. The number of hydrogen-bond donors (Lipinski definition) is 2. The third kappa shape index (κ3) is 4.82. The molecule has 2 aromatic rings. The highest BCUT2D eigenvalue weighted by atomic mass is 32.1. The maximum absolute atomic E-state index is 14.6. The lowest BCUT2D eigenvalue weighted by Crippen LogP contribution is -2.46. The molecule has 3 N–H and O–H groups in total. The molecule has 1 aliphatic rings. The minimum absolute atomic E-state index is 0.0307. The molecular weight excluding hydrogens is 380 g/mol. The first-order valence-corrected chi connectivity index (χ1v) is 9.45. The monoisotopic (exact) mass is 403 g/mol. The highest BCUT2D eigenvalue weighted by molar-refractivity contribution is 7.80. The fraction of sp³-hybridized carbons (Fsp3) is 0.300. The Kier molecular flexibility index (Phi) is 6.53. The summed E-state index contributed by atoms with van der Waals surface area (Å²) < 4.78 is 28.9. The number of nitrogens with one attached hydrogen (secondary N) is 1. The van der Waals surface area contributed by atoms with E-state index in [9.17, 15) is 8.78 Å². The Bertz CT molecular complexity index is 879. The lowest BCUT2D eigenvalue weighted by Gasteiger charge is -2.36. The van der Waals surface area contributed by atoms with Gasteiger partial charge in [0.15, 0.2) is 16.7 Å². The molecule has 1 fully saturated rings. The van der Waals surface area contributed by atoms with Crippen molar-refractivity contribution in [3.05, 3.63) is 64.7 Å². The normalized spacial score (nSPS) is 15.2. The van der Waals surface area contributed by atoms with Crippen LogP contribution >= 0.6 is 12.2 Å². The van der Waals surface area contributed by atoms with Gasteiger partial charge in [0.2, 0.25) is 0 Å². The van der Waals surface area contributed by atoms with Gasteiger partial charge in [-0.2, -0.15) is 5.10 Å². The number of nitrogens with two attached hydrogens (primary N) is 1. The predicted octanol–water partition coefficient (Wildman–Crippen LogP) is 2.76. The Labute approximate surface area is 168 Å². The van der Waals surface area contributed by atoms with Crippen molar-refractivity contribution < 1.29 is 8.78 Å². The van der Waals surface area contributed by atoms with Gasteiger partial charge in [-0.25, -0.2) is 8.78 Å². The summed E-state index contributed by atoms with van der Waals surface area (Å²) >= 11 is 4.61. The van der Waals surface area contributed by atoms with Crippen LogP contribution in [0.1, 0.15) is 16.7 Å². The highest BCUT2D eigenvalue weighted by Gasteiger charge is 2.22. The molecule has 1 saturated heterocycles. The maximum atomic E-state index is 14.6. The molecule has 0 unspecified atom stereocenters. The molecule has 148 valence electrons. The number of nitrogens with zero attached hydrogens (tertiary/aromatic N) is 3. The van der Waals surface area contributed by atoms with Crippen molar-refractivity contribution in [2.24, 2.45) is 10.8 Å². The first-order chi connectivity index (χ1) is 13.5. The van der Waals surface area contributed by atoms with Crippen molar-refractivity contribution in [2.45, 2.75) is 13.5 Å². The lowest BCUT2D eigenvalue weighted by atomic mass is 10.1. The number of rotatable bonds is 5. The number of thiocarbonyl (C=S) groups is 1. The van der Waals surface area contributed by atoms with Crippen LogP contribution < -0.4 is 16.1 Å². The van der Waals surface area contributed by atoms with Gasteiger partial charge in [0, 0.05) is 38.3 Å². The molecule has 0 aromatic heterocycles. The smallest absolute Gasteiger partial charge is 0.184 e. The van der Waals surface area contributed by atoms with E-state index in [1.807, 2.05) is 17.0 Å². The van der Waals surface area contributed by atoms with Gasteiger partial charge >= 0.3 is 0 Å². The molecule has 0 atom stereocenters. The van der Waals surface area contributed by atoms with E-state index in [4.69, 9.17) is 5.73 Å². The average Bonchev–Trinajstić information content (AvgIpc) is 2.68. The summed E-state index contributed by atoms with van der Waals surface area (Å²) in [6.45, 7) is 5.82. The van der Waals surface area contributed by atoms with Crippen molar-refractivity contribution in [1.82, 2.24) is 10.3 Å². The van der Waals surface area contributed by atoms with Crippen molar-refractivity contribution in [1.29, 1.82) is 0 Å². The summed E-state index contributed by atoms with van der Waals surface area (Å²) in [6.07, 6.45) is 1.15. The van der Waals surface area contributed by atoms with Gasteiger partial charge < -0.3 is 10.6 Å². The van der Waals surface area contributed by atoms with E-state index in [2.05, 4.69) is 46.7 Å². The second-order valence-corrected chi connectivity index (χ2v) is 7.17. The van der Waals surface area contributed by atoms with Crippen LogP contribution in [0.25, 0.3) is 0 Å². The van der Waals surface area contributed by atoms with Gasteiger partial charge in [0.1, 0.15) is 0 Å². The quantitative estimate of drug-likeness (QED) is 0.457. The van der Waals surface area contributed by atoms with Crippen molar-refractivity contribution in [3.8, 4) is 0 Å². The molecule has 0 spiro atoms. The molecule has 0 bridgehead atoms. The fourth-order valence-corrected chi connectivity index (χ4v) is 3.29. The van der Waals surface area contributed by atoms with E-state index < -0.39 is 11.6 Å². The zero-order valence-electron chi connectivity index (χ0n) is 15.7. The van der Waals surface area contributed by atoms with Gasteiger partial charge in [-0.3, -0.25) is 10.3 Å². The summed E-state index contributed by atoms with van der Waals surface area (Å²) in [5.74, 6) is -1.81. The van der Waals surface area contributed by atoms with Gasteiger partial charge in [0.25, 0.3) is 0 Å². The Hall–Kier alpha value is -2.58. The summed E-state index contributed by atoms with van der Waals surface area (Å²) in [5.41, 5.74) is 10.4. The first kappa shape index (κ1) is 20.2. The first-order valence-electron chi connectivity index (χ1n) is 9.04. The Morgan fingerprint density at radius 3 is 2.54 bits per heavy atom. The summed E-state index contributed by atoms with van der Waals surface area (Å²) in [4.78, 5) is 4.20. The van der Waals surface area contributed by atoms with Crippen molar-refractivity contribution in [2.75, 3.05) is 31.1 Å². The van der Waals surface area contributed by atoms with Crippen LogP contribution in [0.2, 0.25) is 0 Å². The highest BCUT2D eigenvalue weighted by Crippen LogP contribution is 2.25. The zero-order chi connectivity index (χ0) is 20.1. The van der Waals surface area contributed by atoms with E-state index in [0.717, 1.165) is 25.8 Å². The minimum atomic E-state index is -0.937. The second kappa shape index (κ2) is 9.07. The summed E-state index contributed by atoms with van der Waals surface area (Å²) in [5, 5.41) is 3.63. The number of aryl methyl sites for hydroxylation is 1. The molecule has 1 heterocycles. The average molecular weight is 404 g/mol. The lowest BCUT2D eigenvalue weighted by molar-refractivity contribution is 0.248. The molecule has 0 saturated carbocycles. The third-order valence-electron chi connectivity index (χ3n) is 4.84. The van der Waals surface area contributed by atoms with Crippen LogP contribution in [0.15, 0.2) is 41.5 Å². The minimum Gasteiger partial charge on any atom is -0.375 e. The van der Waals surface area contributed by atoms with Crippen molar-refractivity contribution in [3.63, 3.8) is 0 Å². The van der Waals surface area contributed by atoms with E-state index in [1.54, 1.807) is 6.07 Å². The summed E-state index contributed by atoms with van der Waals surface area (Å²) in [7, 11) is 0. The Morgan fingerprint density at radius 2 is 1.86 bits per heavy atom. The number of anilines is 1. The molecule has 2 aromatic carbocycles. The van der Waals surface area contributed by atoms with E-state index in [0.29, 0.717) is 13.1 Å². The Morgan fingerprint density at radius 1 is 1.14 bits per heavy atom. The van der Waals surface area contributed by atoms with Crippen LogP contribution in [0.5, 0.6) is 0 Å². The Balaban J connectivity index is 1.64. The molecule has 0 radical (unpaired) electrons. The molecular formula is C20H23F2N5S. The fourth-order valence-electron chi connectivity index (χ4n) is 3.24. The SMILES string of the molecule is Cc1ccccc1CN1CCN(c2ccc(/C=N/NC(N)=S)c(F)c2F)CC1. The molecule has 8 heteroatoms. The standard InChI is InChI=1S/C20H23F2N5S/c1-14-4-2-3-5-16(14)13-26-8-10-27(11-9-26)17-7-6-15(18(21)19(17)22)12-24-25-20(23)28/h2-7,12H,8-11,13H2,1H3,(H3,23,25,28)/b24-12+. The van der Waals surface area contributed by atoms with Crippen LogP contribution in [0.3, 0.4) is 0 Å². The number of benzene rings is 2. The van der Waals surface area contributed by atoms with Gasteiger partial charge in [0.05, 0.1) is 11.9 Å². The molecule has 1 aliphatic heterocycles. The van der Waals surface area contributed by atoms with Crippen LogP contribution in [0.4, 0.5) is 14.5 Å².